The van der Waals surface area contributed by atoms with E-state index in [0.717, 1.165) is 11.1 Å². The standard InChI is InChI=1S/C26H24F2N2O2.CO2/c1-16-7-4-8-19(13-16)17(2)14-23(31)25-18(3)29-26-24(11-6-12-30(25)26)32-15-20-21(27)9-5-10-22(20)28;2-1-3/h4-13,17H,14-15H2,1-3H3;/t17-;/m1./s1. The molecular formula is C27H24F2N2O4. The lowest BCUT2D eigenvalue weighted by Crippen LogP contribution is -2.09. The number of fused-ring (bicyclic) bond motifs is 1. The van der Waals surface area contributed by atoms with Gasteiger partial charge in [0.05, 0.1) is 11.3 Å². The van der Waals surface area contributed by atoms with Crippen LogP contribution in [-0.4, -0.2) is 21.3 Å². The average Bonchev–Trinajstić information content (AvgIpc) is 3.16. The predicted octanol–water partition coefficient (Wildman–Crippen LogP) is 5.60. The van der Waals surface area contributed by atoms with Gasteiger partial charge in [0, 0.05) is 12.6 Å². The Hall–Kier alpha value is -4.16. The number of carbonyl (C=O) groups excluding carboxylic acids is 3. The molecule has 0 fully saturated rings. The second-order valence-electron chi connectivity index (χ2n) is 8.13. The SMILES string of the molecule is Cc1cccc([C@H](C)CC(=O)c2c(C)nc3c(OCc4c(F)cccc4F)cccn23)c1.O=C=O. The van der Waals surface area contributed by atoms with Crippen molar-refractivity contribution in [2.24, 2.45) is 0 Å². The van der Waals surface area contributed by atoms with Crippen LogP contribution in [0, 0.1) is 25.5 Å². The first kappa shape index (κ1) is 25.5. The fourth-order valence-corrected chi connectivity index (χ4v) is 3.89. The summed E-state index contributed by atoms with van der Waals surface area (Å²) < 4.78 is 35.3. The number of nitrogens with zero attached hydrogens (tertiary/aromatic N) is 2. The Labute approximate surface area is 201 Å². The van der Waals surface area contributed by atoms with Gasteiger partial charge < -0.3 is 4.74 Å². The van der Waals surface area contributed by atoms with E-state index >= 15 is 0 Å². The van der Waals surface area contributed by atoms with E-state index in [-0.39, 0.29) is 30.0 Å². The lowest BCUT2D eigenvalue weighted by Gasteiger charge is -2.12. The third-order valence-electron chi connectivity index (χ3n) is 5.59. The number of Topliss-reactive ketones (excluding diaryl/α,β-unsaturated/α-hetero) is 1. The van der Waals surface area contributed by atoms with Gasteiger partial charge in [0.2, 0.25) is 0 Å². The summed E-state index contributed by atoms with van der Waals surface area (Å²) in [5.74, 6) is -0.962. The number of benzene rings is 2. The lowest BCUT2D eigenvalue weighted by molar-refractivity contribution is -0.191. The summed E-state index contributed by atoms with van der Waals surface area (Å²) in [6.07, 6.45) is 2.33. The molecule has 2 heterocycles. The third-order valence-corrected chi connectivity index (χ3v) is 5.59. The van der Waals surface area contributed by atoms with Crippen molar-refractivity contribution in [1.82, 2.24) is 9.38 Å². The smallest absolute Gasteiger partial charge is 0.373 e. The number of imidazole rings is 1. The average molecular weight is 478 g/mol. The Morgan fingerprint density at radius 3 is 2.37 bits per heavy atom. The number of hydrogen-bond donors (Lipinski definition) is 0. The van der Waals surface area contributed by atoms with Gasteiger partial charge in [-0.05, 0) is 49.6 Å². The molecule has 180 valence electrons. The van der Waals surface area contributed by atoms with Gasteiger partial charge in [-0.15, -0.1) is 0 Å². The number of aryl methyl sites for hydroxylation is 2. The molecule has 0 saturated carbocycles. The fourth-order valence-electron chi connectivity index (χ4n) is 3.89. The minimum absolute atomic E-state index is 0.0266. The molecule has 4 aromatic rings. The zero-order valence-corrected chi connectivity index (χ0v) is 19.5. The summed E-state index contributed by atoms with van der Waals surface area (Å²) in [7, 11) is 0. The summed E-state index contributed by atoms with van der Waals surface area (Å²) in [6, 6.07) is 15.2. The molecule has 1 atom stereocenters. The summed E-state index contributed by atoms with van der Waals surface area (Å²) in [5.41, 5.74) is 3.62. The highest BCUT2D eigenvalue weighted by Crippen LogP contribution is 2.27. The van der Waals surface area contributed by atoms with Crippen molar-refractivity contribution < 1.29 is 27.9 Å². The highest BCUT2D eigenvalue weighted by Gasteiger charge is 2.21. The maximum absolute atomic E-state index is 13.9. The molecule has 0 aliphatic rings. The van der Waals surface area contributed by atoms with Gasteiger partial charge in [-0.2, -0.15) is 9.59 Å². The molecule has 0 saturated heterocycles. The second kappa shape index (κ2) is 11.3. The molecule has 0 aliphatic carbocycles. The van der Waals surface area contributed by atoms with E-state index < -0.39 is 11.6 Å². The lowest BCUT2D eigenvalue weighted by atomic mass is 9.93. The molecule has 0 radical (unpaired) electrons. The van der Waals surface area contributed by atoms with Crippen LogP contribution < -0.4 is 4.74 Å². The maximum atomic E-state index is 13.9. The first-order valence-corrected chi connectivity index (χ1v) is 10.9. The summed E-state index contributed by atoms with van der Waals surface area (Å²) in [6.45, 7) is 5.56. The minimum atomic E-state index is -0.669. The molecule has 0 spiro atoms. The van der Waals surface area contributed by atoms with E-state index in [9.17, 15) is 13.6 Å². The van der Waals surface area contributed by atoms with E-state index in [4.69, 9.17) is 14.3 Å². The molecular weight excluding hydrogens is 454 g/mol. The highest BCUT2D eigenvalue weighted by molar-refractivity contribution is 5.97. The van der Waals surface area contributed by atoms with Crippen molar-refractivity contribution in [3.8, 4) is 5.75 Å². The van der Waals surface area contributed by atoms with Crippen LogP contribution in [0.15, 0.2) is 60.8 Å². The van der Waals surface area contributed by atoms with Crippen LogP contribution in [0.4, 0.5) is 8.78 Å². The minimum Gasteiger partial charge on any atom is -0.485 e. The maximum Gasteiger partial charge on any atom is 0.373 e. The number of pyridine rings is 1. The van der Waals surface area contributed by atoms with E-state index in [1.165, 1.54) is 18.2 Å². The Kier molecular flexibility index (Phi) is 8.23. The van der Waals surface area contributed by atoms with Gasteiger partial charge in [-0.1, -0.05) is 42.8 Å². The van der Waals surface area contributed by atoms with E-state index in [1.807, 2.05) is 32.0 Å². The van der Waals surface area contributed by atoms with Gasteiger partial charge in [0.15, 0.2) is 17.2 Å². The number of ether oxygens (including phenoxy) is 1. The number of rotatable bonds is 7. The van der Waals surface area contributed by atoms with Crippen LogP contribution in [0.2, 0.25) is 0 Å². The van der Waals surface area contributed by atoms with Gasteiger partial charge in [-0.25, -0.2) is 13.8 Å². The molecule has 0 amide bonds. The monoisotopic (exact) mass is 478 g/mol. The van der Waals surface area contributed by atoms with Crippen LogP contribution in [0.5, 0.6) is 5.75 Å². The fraction of sp³-hybridized carbons (Fsp3) is 0.222. The Balaban J connectivity index is 0.00000108. The van der Waals surface area contributed by atoms with Crippen molar-refractivity contribution >= 4 is 17.6 Å². The quantitative estimate of drug-likeness (QED) is 0.323. The molecule has 35 heavy (non-hydrogen) atoms. The summed E-state index contributed by atoms with van der Waals surface area (Å²) in [5, 5.41) is 0. The Bertz CT molecular complexity index is 1370. The largest absolute Gasteiger partial charge is 0.485 e. The summed E-state index contributed by atoms with van der Waals surface area (Å²) in [4.78, 5) is 34.0. The predicted molar refractivity (Wildman–Crippen MR) is 124 cm³/mol. The Morgan fingerprint density at radius 1 is 1.06 bits per heavy atom. The third kappa shape index (κ3) is 5.86. The number of halogens is 2. The highest BCUT2D eigenvalue weighted by atomic mass is 19.1. The van der Waals surface area contributed by atoms with E-state index in [0.29, 0.717) is 29.2 Å². The molecule has 4 rings (SSSR count). The van der Waals surface area contributed by atoms with E-state index in [1.54, 1.807) is 29.7 Å². The first-order valence-electron chi connectivity index (χ1n) is 10.9. The van der Waals surface area contributed by atoms with Crippen LogP contribution >= 0.6 is 0 Å². The second-order valence-corrected chi connectivity index (χ2v) is 8.13. The summed E-state index contributed by atoms with van der Waals surface area (Å²) >= 11 is 0. The van der Waals surface area contributed by atoms with Crippen LogP contribution in [0.1, 0.15) is 52.1 Å². The van der Waals surface area contributed by atoms with Gasteiger partial charge >= 0.3 is 6.15 Å². The van der Waals surface area contributed by atoms with E-state index in [2.05, 4.69) is 11.1 Å². The van der Waals surface area contributed by atoms with Crippen molar-refractivity contribution in [2.45, 2.75) is 39.7 Å². The number of aromatic nitrogens is 2. The van der Waals surface area contributed by atoms with Crippen LogP contribution in [0.25, 0.3) is 5.65 Å². The molecule has 6 nitrogen and oxygen atoms in total. The topological polar surface area (TPSA) is 77.7 Å². The number of ketones is 1. The van der Waals surface area contributed by atoms with Crippen molar-refractivity contribution in [3.63, 3.8) is 0 Å². The molecule has 2 aromatic heterocycles. The van der Waals surface area contributed by atoms with Gasteiger partial charge in [0.1, 0.15) is 23.9 Å². The van der Waals surface area contributed by atoms with Crippen molar-refractivity contribution in [2.75, 3.05) is 0 Å². The molecule has 0 unspecified atom stereocenters. The van der Waals surface area contributed by atoms with Gasteiger partial charge in [-0.3, -0.25) is 9.20 Å². The number of hydrogen-bond acceptors (Lipinski definition) is 5. The number of carbonyl (C=O) groups is 1. The molecule has 0 N–H and O–H groups in total. The van der Waals surface area contributed by atoms with Crippen molar-refractivity contribution in [1.29, 1.82) is 0 Å². The van der Waals surface area contributed by atoms with Crippen LogP contribution in [-0.2, 0) is 16.2 Å². The van der Waals surface area contributed by atoms with Gasteiger partial charge in [0.25, 0.3) is 0 Å². The molecule has 0 aliphatic heterocycles. The molecule has 2 aromatic carbocycles. The molecule has 0 bridgehead atoms. The molecule has 8 heteroatoms. The zero-order chi connectivity index (χ0) is 25.5. The Morgan fingerprint density at radius 2 is 1.71 bits per heavy atom. The zero-order valence-electron chi connectivity index (χ0n) is 19.5. The van der Waals surface area contributed by atoms with Crippen LogP contribution in [0.3, 0.4) is 0 Å². The normalized spacial score (nSPS) is 11.3. The van der Waals surface area contributed by atoms with Crippen molar-refractivity contribution in [3.05, 3.63) is 101 Å². The first-order chi connectivity index (χ1) is 16.8.